The number of nitrogens with zero attached hydrogens (tertiary/aromatic N) is 3. The number of aromatic nitrogens is 1. The van der Waals surface area contributed by atoms with Crippen molar-refractivity contribution in [2.24, 2.45) is 0 Å². The molecule has 21 heavy (non-hydrogen) atoms. The predicted octanol–water partition coefficient (Wildman–Crippen LogP) is 2.33. The van der Waals surface area contributed by atoms with Crippen molar-refractivity contribution in [1.82, 2.24) is 14.4 Å². The van der Waals surface area contributed by atoms with Gasteiger partial charge in [-0.05, 0) is 53.8 Å². The van der Waals surface area contributed by atoms with E-state index in [2.05, 4.69) is 55.2 Å². The maximum Gasteiger partial charge on any atom is 0.178 e. The standard InChI is InChI=1S/C17H29N3O/c1-6-20-13(2)10-16(15(20)4)17(21)12-19-9-7-8-18(5)11-14(19)3/h10,14H,6-9,11-12H2,1-5H3. The normalized spacial score (nSPS) is 21.5. The molecule has 0 saturated carbocycles. The number of aryl methyl sites for hydroxylation is 1. The van der Waals surface area contributed by atoms with Crippen molar-refractivity contribution in [3.05, 3.63) is 23.0 Å². The second-order valence-electron chi connectivity index (χ2n) is 6.39. The van der Waals surface area contributed by atoms with Crippen molar-refractivity contribution < 1.29 is 4.79 Å². The molecule has 4 nitrogen and oxygen atoms in total. The van der Waals surface area contributed by atoms with Crippen molar-refractivity contribution >= 4 is 5.78 Å². The number of hydrogen-bond acceptors (Lipinski definition) is 3. The van der Waals surface area contributed by atoms with Crippen molar-refractivity contribution in [3.63, 3.8) is 0 Å². The van der Waals surface area contributed by atoms with E-state index in [-0.39, 0.29) is 5.78 Å². The van der Waals surface area contributed by atoms with Crippen LogP contribution in [0, 0.1) is 13.8 Å². The molecule has 4 heteroatoms. The fourth-order valence-corrected chi connectivity index (χ4v) is 3.50. The van der Waals surface area contributed by atoms with Gasteiger partial charge in [-0.25, -0.2) is 0 Å². The SMILES string of the molecule is CCn1c(C)cc(C(=O)CN2CCCN(C)CC2C)c1C. The summed E-state index contributed by atoms with van der Waals surface area (Å²) < 4.78 is 2.22. The first-order valence-corrected chi connectivity index (χ1v) is 8.06. The molecule has 0 aromatic carbocycles. The lowest BCUT2D eigenvalue weighted by Crippen LogP contribution is -2.40. The fourth-order valence-electron chi connectivity index (χ4n) is 3.50. The highest BCUT2D eigenvalue weighted by molar-refractivity contribution is 5.99. The Kier molecular flexibility index (Phi) is 5.22. The Balaban J connectivity index is 2.10. The highest BCUT2D eigenvalue weighted by Crippen LogP contribution is 2.17. The zero-order chi connectivity index (χ0) is 15.6. The molecular formula is C17H29N3O. The maximum atomic E-state index is 12.7. The quantitative estimate of drug-likeness (QED) is 0.797. The van der Waals surface area contributed by atoms with E-state index in [1.54, 1.807) is 0 Å². The van der Waals surface area contributed by atoms with Crippen LogP contribution >= 0.6 is 0 Å². The van der Waals surface area contributed by atoms with Gasteiger partial charge < -0.3 is 9.47 Å². The molecule has 0 N–H and O–H groups in total. The molecule has 1 aromatic rings. The van der Waals surface area contributed by atoms with Gasteiger partial charge in [0, 0.05) is 42.6 Å². The molecule has 1 atom stereocenters. The van der Waals surface area contributed by atoms with Gasteiger partial charge in [0.15, 0.2) is 5.78 Å². The average Bonchev–Trinajstić information content (AvgIpc) is 2.61. The zero-order valence-corrected chi connectivity index (χ0v) is 14.1. The van der Waals surface area contributed by atoms with Gasteiger partial charge >= 0.3 is 0 Å². The van der Waals surface area contributed by atoms with Gasteiger partial charge in [-0.3, -0.25) is 9.69 Å². The number of carbonyl (C=O) groups is 1. The topological polar surface area (TPSA) is 28.5 Å². The van der Waals surface area contributed by atoms with Crippen LogP contribution in [0.15, 0.2) is 6.07 Å². The van der Waals surface area contributed by atoms with Crippen molar-refractivity contribution in [3.8, 4) is 0 Å². The summed E-state index contributed by atoms with van der Waals surface area (Å²) in [6.07, 6.45) is 1.14. The van der Waals surface area contributed by atoms with Gasteiger partial charge in [-0.2, -0.15) is 0 Å². The minimum Gasteiger partial charge on any atom is -0.349 e. The molecule has 1 unspecified atom stereocenters. The van der Waals surface area contributed by atoms with E-state index in [0.29, 0.717) is 12.6 Å². The van der Waals surface area contributed by atoms with Gasteiger partial charge in [0.1, 0.15) is 0 Å². The van der Waals surface area contributed by atoms with Crippen LogP contribution in [0.1, 0.15) is 42.0 Å². The average molecular weight is 291 g/mol. The first-order valence-electron chi connectivity index (χ1n) is 8.06. The summed E-state index contributed by atoms with van der Waals surface area (Å²) in [6.45, 7) is 13.1. The lowest BCUT2D eigenvalue weighted by Gasteiger charge is -2.27. The van der Waals surface area contributed by atoms with Crippen molar-refractivity contribution in [1.29, 1.82) is 0 Å². The summed E-state index contributed by atoms with van der Waals surface area (Å²) >= 11 is 0. The van der Waals surface area contributed by atoms with E-state index in [0.717, 1.165) is 43.9 Å². The first kappa shape index (κ1) is 16.2. The Morgan fingerprint density at radius 3 is 2.67 bits per heavy atom. The number of ketones is 1. The van der Waals surface area contributed by atoms with Crippen LogP contribution in [0.4, 0.5) is 0 Å². The third kappa shape index (κ3) is 3.55. The maximum absolute atomic E-state index is 12.7. The molecule has 0 aliphatic carbocycles. The second kappa shape index (κ2) is 6.75. The summed E-state index contributed by atoms with van der Waals surface area (Å²) in [6, 6.07) is 2.49. The fraction of sp³-hybridized carbons (Fsp3) is 0.706. The largest absolute Gasteiger partial charge is 0.349 e. The summed E-state index contributed by atoms with van der Waals surface area (Å²) in [5.41, 5.74) is 3.20. The molecule has 2 rings (SSSR count). The lowest BCUT2D eigenvalue weighted by atomic mass is 10.1. The number of Topliss-reactive ketones (excluding diaryl/α,β-unsaturated/α-hetero) is 1. The highest BCUT2D eigenvalue weighted by Gasteiger charge is 2.23. The summed E-state index contributed by atoms with van der Waals surface area (Å²) in [5, 5.41) is 0. The molecule has 1 aliphatic heterocycles. The van der Waals surface area contributed by atoms with Crippen LogP contribution in [0.25, 0.3) is 0 Å². The monoisotopic (exact) mass is 291 g/mol. The minimum atomic E-state index is 0.263. The van der Waals surface area contributed by atoms with E-state index < -0.39 is 0 Å². The molecule has 1 fully saturated rings. The zero-order valence-electron chi connectivity index (χ0n) is 14.1. The molecule has 2 heterocycles. The summed E-state index contributed by atoms with van der Waals surface area (Å²) in [4.78, 5) is 17.4. The van der Waals surface area contributed by atoms with Crippen LogP contribution in [-0.2, 0) is 6.54 Å². The Hall–Kier alpha value is -1.13. The number of carbonyl (C=O) groups excluding carboxylic acids is 1. The van der Waals surface area contributed by atoms with E-state index in [9.17, 15) is 4.79 Å². The molecule has 0 bridgehead atoms. The molecule has 118 valence electrons. The highest BCUT2D eigenvalue weighted by atomic mass is 16.1. The molecule has 0 spiro atoms. The third-order valence-corrected chi connectivity index (χ3v) is 4.72. The molecule has 1 saturated heterocycles. The minimum absolute atomic E-state index is 0.263. The Bertz CT molecular complexity index is 506. The van der Waals surface area contributed by atoms with Crippen LogP contribution in [-0.4, -0.2) is 59.4 Å². The lowest BCUT2D eigenvalue weighted by molar-refractivity contribution is 0.0899. The van der Waals surface area contributed by atoms with Crippen molar-refractivity contribution in [2.45, 2.75) is 46.7 Å². The number of hydrogen-bond donors (Lipinski definition) is 0. The predicted molar refractivity (Wildman–Crippen MR) is 87.1 cm³/mol. The third-order valence-electron chi connectivity index (χ3n) is 4.72. The van der Waals surface area contributed by atoms with Gasteiger partial charge in [0.2, 0.25) is 0 Å². The molecule has 1 aromatic heterocycles. The van der Waals surface area contributed by atoms with Gasteiger partial charge in [0.25, 0.3) is 0 Å². The molecular weight excluding hydrogens is 262 g/mol. The molecule has 0 amide bonds. The van der Waals surface area contributed by atoms with Gasteiger partial charge in [0.05, 0.1) is 6.54 Å². The van der Waals surface area contributed by atoms with E-state index in [4.69, 9.17) is 0 Å². The van der Waals surface area contributed by atoms with Crippen LogP contribution in [0.2, 0.25) is 0 Å². The van der Waals surface area contributed by atoms with Gasteiger partial charge in [-0.1, -0.05) is 0 Å². The van der Waals surface area contributed by atoms with Crippen LogP contribution in [0.3, 0.4) is 0 Å². The van der Waals surface area contributed by atoms with E-state index in [1.807, 2.05) is 0 Å². The molecule has 0 radical (unpaired) electrons. The van der Waals surface area contributed by atoms with E-state index in [1.165, 1.54) is 5.69 Å². The molecule has 1 aliphatic rings. The Morgan fingerprint density at radius 1 is 1.33 bits per heavy atom. The number of likely N-dealkylation sites (N-methyl/N-ethyl adjacent to an activating group) is 1. The smallest absolute Gasteiger partial charge is 0.178 e. The van der Waals surface area contributed by atoms with Crippen LogP contribution < -0.4 is 0 Å². The summed E-state index contributed by atoms with van der Waals surface area (Å²) in [5.74, 6) is 0.263. The Labute approximate surface area is 128 Å². The second-order valence-corrected chi connectivity index (χ2v) is 6.39. The van der Waals surface area contributed by atoms with Crippen LogP contribution in [0.5, 0.6) is 0 Å². The van der Waals surface area contributed by atoms with E-state index >= 15 is 0 Å². The summed E-state index contributed by atoms with van der Waals surface area (Å²) in [7, 11) is 2.16. The Morgan fingerprint density at radius 2 is 2.05 bits per heavy atom. The van der Waals surface area contributed by atoms with Gasteiger partial charge in [-0.15, -0.1) is 0 Å². The van der Waals surface area contributed by atoms with Crippen molar-refractivity contribution in [2.75, 3.05) is 33.2 Å². The number of rotatable bonds is 4. The first-order chi connectivity index (χ1) is 9.93.